The molecule has 0 saturated carbocycles. The highest BCUT2D eigenvalue weighted by atomic mass is 16.5. The van der Waals surface area contributed by atoms with Gasteiger partial charge in [-0.1, -0.05) is 0 Å². The monoisotopic (exact) mass is 367 g/mol. The van der Waals surface area contributed by atoms with Gasteiger partial charge in [-0.15, -0.1) is 0 Å². The SMILES string of the molecule is CCNC(=NCC(C)(C)C(=O)NC)N1CCN(C(=O)C2CCCO2)CC1. The molecule has 2 rings (SSSR count). The van der Waals surface area contributed by atoms with E-state index in [0.29, 0.717) is 26.2 Å². The number of hydrogen-bond acceptors (Lipinski definition) is 4. The van der Waals surface area contributed by atoms with Gasteiger partial charge in [0.05, 0.1) is 12.0 Å². The van der Waals surface area contributed by atoms with E-state index in [9.17, 15) is 9.59 Å². The third kappa shape index (κ3) is 5.09. The molecule has 8 nitrogen and oxygen atoms in total. The first kappa shape index (κ1) is 20.5. The average molecular weight is 367 g/mol. The molecule has 1 unspecified atom stereocenters. The molecule has 0 aromatic rings. The highest BCUT2D eigenvalue weighted by molar-refractivity contribution is 5.84. The number of aliphatic imine (C=N–C) groups is 1. The standard InChI is InChI=1S/C18H33N5O3/c1-5-20-17(21-13-18(2,3)16(25)19-4)23-10-8-22(9-11-23)15(24)14-7-6-12-26-14/h14H,5-13H2,1-4H3,(H,19,25)(H,20,21). The van der Waals surface area contributed by atoms with Crippen molar-refractivity contribution in [3.8, 4) is 0 Å². The number of nitrogens with zero attached hydrogens (tertiary/aromatic N) is 3. The molecule has 2 aliphatic rings. The largest absolute Gasteiger partial charge is 0.368 e. The molecule has 2 heterocycles. The second-order valence-electron chi connectivity index (χ2n) is 7.45. The molecule has 148 valence electrons. The summed E-state index contributed by atoms with van der Waals surface area (Å²) in [4.78, 5) is 33.1. The van der Waals surface area contributed by atoms with Crippen molar-refractivity contribution in [3.05, 3.63) is 0 Å². The molecule has 0 spiro atoms. The number of rotatable bonds is 5. The van der Waals surface area contributed by atoms with Crippen LogP contribution in [0.5, 0.6) is 0 Å². The predicted octanol–water partition coefficient (Wildman–Crippen LogP) is 0.0473. The van der Waals surface area contributed by atoms with Crippen molar-refractivity contribution in [1.82, 2.24) is 20.4 Å². The van der Waals surface area contributed by atoms with E-state index in [4.69, 9.17) is 4.74 Å². The Morgan fingerprint density at radius 2 is 1.85 bits per heavy atom. The molecule has 0 bridgehead atoms. The lowest BCUT2D eigenvalue weighted by atomic mass is 9.93. The van der Waals surface area contributed by atoms with E-state index < -0.39 is 5.41 Å². The first-order valence-electron chi connectivity index (χ1n) is 9.55. The van der Waals surface area contributed by atoms with Crippen LogP contribution in [0.2, 0.25) is 0 Å². The summed E-state index contributed by atoms with van der Waals surface area (Å²) >= 11 is 0. The maximum absolute atomic E-state index is 12.5. The lowest BCUT2D eigenvalue weighted by molar-refractivity contribution is -0.142. The van der Waals surface area contributed by atoms with Crippen LogP contribution in [-0.4, -0.2) is 86.6 Å². The van der Waals surface area contributed by atoms with Crippen molar-refractivity contribution in [1.29, 1.82) is 0 Å². The number of piperazine rings is 1. The molecular weight excluding hydrogens is 334 g/mol. The minimum Gasteiger partial charge on any atom is -0.368 e. The zero-order chi connectivity index (χ0) is 19.2. The van der Waals surface area contributed by atoms with Gasteiger partial charge in [0.25, 0.3) is 5.91 Å². The molecular formula is C18H33N5O3. The summed E-state index contributed by atoms with van der Waals surface area (Å²) in [6, 6.07) is 0. The summed E-state index contributed by atoms with van der Waals surface area (Å²) < 4.78 is 5.51. The van der Waals surface area contributed by atoms with Gasteiger partial charge < -0.3 is 25.2 Å². The Hall–Kier alpha value is -1.83. The van der Waals surface area contributed by atoms with Gasteiger partial charge in [0.1, 0.15) is 6.10 Å². The van der Waals surface area contributed by atoms with Crippen molar-refractivity contribution in [2.24, 2.45) is 10.4 Å². The third-order valence-electron chi connectivity index (χ3n) is 4.90. The van der Waals surface area contributed by atoms with Crippen LogP contribution in [0.3, 0.4) is 0 Å². The Labute approximate surface area is 156 Å². The third-order valence-corrected chi connectivity index (χ3v) is 4.90. The molecule has 26 heavy (non-hydrogen) atoms. The normalized spacial score (nSPS) is 21.7. The van der Waals surface area contributed by atoms with Gasteiger partial charge in [-0.2, -0.15) is 0 Å². The second kappa shape index (κ2) is 9.21. The van der Waals surface area contributed by atoms with E-state index in [1.54, 1.807) is 7.05 Å². The molecule has 0 aromatic carbocycles. The Morgan fingerprint density at radius 1 is 1.19 bits per heavy atom. The van der Waals surface area contributed by atoms with Gasteiger partial charge >= 0.3 is 0 Å². The number of carbonyl (C=O) groups is 2. The first-order valence-corrected chi connectivity index (χ1v) is 9.55. The van der Waals surface area contributed by atoms with E-state index in [1.807, 2.05) is 25.7 Å². The van der Waals surface area contributed by atoms with Crippen LogP contribution in [0.4, 0.5) is 0 Å². The molecule has 0 radical (unpaired) electrons. The Bertz CT molecular complexity index is 521. The Morgan fingerprint density at radius 3 is 2.38 bits per heavy atom. The summed E-state index contributed by atoms with van der Waals surface area (Å²) in [7, 11) is 1.64. The molecule has 2 saturated heterocycles. The fourth-order valence-corrected chi connectivity index (χ4v) is 3.22. The van der Waals surface area contributed by atoms with Crippen LogP contribution in [-0.2, 0) is 14.3 Å². The lowest BCUT2D eigenvalue weighted by Gasteiger charge is -2.37. The number of ether oxygens (including phenoxy) is 1. The van der Waals surface area contributed by atoms with Gasteiger partial charge in [-0.3, -0.25) is 14.6 Å². The Kier molecular flexibility index (Phi) is 7.25. The van der Waals surface area contributed by atoms with Gasteiger partial charge in [-0.05, 0) is 33.6 Å². The van der Waals surface area contributed by atoms with Gasteiger partial charge in [-0.25, -0.2) is 0 Å². The zero-order valence-corrected chi connectivity index (χ0v) is 16.5. The zero-order valence-electron chi connectivity index (χ0n) is 16.5. The minimum absolute atomic E-state index is 0.0240. The maximum Gasteiger partial charge on any atom is 0.251 e. The first-order chi connectivity index (χ1) is 12.4. The minimum atomic E-state index is -0.562. The summed E-state index contributed by atoms with van der Waals surface area (Å²) in [5.41, 5.74) is -0.562. The molecule has 2 amide bonds. The van der Waals surface area contributed by atoms with Crippen molar-refractivity contribution in [2.45, 2.75) is 39.7 Å². The van der Waals surface area contributed by atoms with Crippen LogP contribution >= 0.6 is 0 Å². The van der Waals surface area contributed by atoms with E-state index in [-0.39, 0.29) is 17.9 Å². The number of amides is 2. The molecule has 2 N–H and O–H groups in total. The van der Waals surface area contributed by atoms with Crippen molar-refractivity contribution >= 4 is 17.8 Å². The van der Waals surface area contributed by atoms with Gasteiger partial charge in [0.15, 0.2) is 5.96 Å². The molecule has 8 heteroatoms. The molecule has 2 aliphatic heterocycles. The highest BCUT2D eigenvalue weighted by Gasteiger charge is 2.31. The van der Waals surface area contributed by atoms with Gasteiger partial charge in [0, 0.05) is 46.4 Å². The van der Waals surface area contributed by atoms with Crippen LogP contribution in [0, 0.1) is 5.41 Å². The quantitative estimate of drug-likeness (QED) is 0.530. The van der Waals surface area contributed by atoms with E-state index >= 15 is 0 Å². The highest BCUT2D eigenvalue weighted by Crippen LogP contribution is 2.17. The second-order valence-corrected chi connectivity index (χ2v) is 7.45. The fraction of sp³-hybridized carbons (Fsp3) is 0.833. The maximum atomic E-state index is 12.5. The van der Waals surface area contributed by atoms with E-state index in [1.165, 1.54) is 0 Å². The summed E-state index contributed by atoms with van der Waals surface area (Å²) in [5.74, 6) is 0.891. The smallest absolute Gasteiger partial charge is 0.251 e. The molecule has 0 aliphatic carbocycles. The summed E-state index contributed by atoms with van der Waals surface area (Å²) in [5, 5.41) is 5.98. The average Bonchev–Trinajstić information content (AvgIpc) is 3.18. The number of guanidine groups is 1. The molecule has 2 fully saturated rings. The molecule has 1 atom stereocenters. The van der Waals surface area contributed by atoms with E-state index in [0.717, 1.165) is 38.4 Å². The van der Waals surface area contributed by atoms with Crippen LogP contribution in [0.25, 0.3) is 0 Å². The summed E-state index contributed by atoms with van der Waals surface area (Å²) in [6.07, 6.45) is 1.55. The van der Waals surface area contributed by atoms with Crippen LogP contribution < -0.4 is 10.6 Å². The number of hydrogen-bond donors (Lipinski definition) is 2. The van der Waals surface area contributed by atoms with Crippen LogP contribution in [0.15, 0.2) is 4.99 Å². The number of nitrogens with one attached hydrogen (secondary N) is 2. The molecule has 0 aromatic heterocycles. The van der Waals surface area contributed by atoms with E-state index in [2.05, 4.69) is 20.5 Å². The van der Waals surface area contributed by atoms with Crippen LogP contribution in [0.1, 0.15) is 33.6 Å². The van der Waals surface area contributed by atoms with Crippen molar-refractivity contribution < 1.29 is 14.3 Å². The fourth-order valence-electron chi connectivity index (χ4n) is 3.22. The number of carbonyl (C=O) groups excluding carboxylic acids is 2. The van der Waals surface area contributed by atoms with Gasteiger partial charge in [0.2, 0.25) is 5.91 Å². The summed E-state index contributed by atoms with van der Waals surface area (Å²) in [6.45, 7) is 10.4. The Balaban J connectivity index is 1.93. The topological polar surface area (TPSA) is 86.3 Å². The van der Waals surface area contributed by atoms with Crippen molar-refractivity contribution in [2.75, 3.05) is 52.9 Å². The van der Waals surface area contributed by atoms with Crippen molar-refractivity contribution in [3.63, 3.8) is 0 Å². The lowest BCUT2D eigenvalue weighted by Crippen LogP contribution is -2.55. The predicted molar refractivity (Wildman–Crippen MR) is 101 cm³/mol.